The number of rotatable bonds is 3. The molecule has 1 unspecified atom stereocenters. The monoisotopic (exact) mass is 346 g/mol. The van der Waals surface area contributed by atoms with Crippen LogP contribution < -0.4 is 0 Å². The van der Waals surface area contributed by atoms with Crippen LogP contribution in [0.2, 0.25) is 5.02 Å². The zero-order chi connectivity index (χ0) is 16.7. The van der Waals surface area contributed by atoms with Crippen molar-refractivity contribution in [2.75, 3.05) is 13.1 Å². The summed E-state index contributed by atoms with van der Waals surface area (Å²) in [5.74, 6) is 1.10. The molecule has 0 bridgehead atoms. The maximum absolute atomic E-state index is 12.7. The lowest BCUT2D eigenvalue weighted by Crippen LogP contribution is -2.42. The maximum atomic E-state index is 12.7. The van der Waals surface area contributed by atoms with E-state index in [1.165, 1.54) is 0 Å². The Labute approximate surface area is 145 Å². The van der Waals surface area contributed by atoms with Gasteiger partial charge in [-0.15, -0.1) is 5.10 Å². The molecule has 2 heterocycles. The predicted octanol–water partition coefficient (Wildman–Crippen LogP) is 2.40. The number of para-hydroxylation sites is 1. The Morgan fingerprint density at radius 3 is 2.75 bits per heavy atom. The fourth-order valence-electron chi connectivity index (χ4n) is 3.10. The highest BCUT2D eigenvalue weighted by Crippen LogP contribution is 2.40. The molecule has 126 valence electrons. The number of aliphatic hydroxyl groups is 1. The molecule has 4 rings (SSSR count). The van der Waals surface area contributed by atoms with Crippen molar-refractivity contribution in [2.45, 2.75) is 37.7 Å². The van der Waals surface area contributed by atoms with E-state index >= 15 is 0 Å². The number of halogens is 1. The summed E-state index contributed by atoms with van der Waals surface area (Å²) in [5, 5.41) is 14.8. The molecule has 1 aliphatic heterocycles. The van der Waals surface area contributed by atoms with Gasteiger partial charge in [-0.3, -0.25) is 4.79 Å². The van der Waals surface area contributed by atoms with Crippen molar-refractivity contribution >= 4 is 17.5 Å². The van der Waals surface area contributed by atoms with Crippen molar-refractivity contribution in [3.8, 4) is 5.69 Å². The van der Waals surface area contributed by atoms with Gasteiger partial charge < -0.3 is 10.0 Å². The number of likely N-dealkylation sites (tertiary alicyclic amines) is 1. The molecular formula is C17H19ClN4O2. The third-order valence-electron chi connectivity index (χ3n) is 4.53. The van der Waals surface area contributed by atoms with Gasteiger partial charge in [0, 0.05) is 19.0 Å². The van der Waals surface area contributed by atoms with Gasteiger partial charge in [-0.05, 0) is 37.8 Å². The van der Waals surface area contributed by atoms with Gasteiger partial charge in [0.2, 0.25) is 5.82 Å². The first-order chi connectivity index (χ1) is 11.6. The van der Waals surface area contributed by atoms with Crippen molar-refractivity contribution in [3.05, 3.63) is 40.9 Å². The van der Waals surface area contributed by atoms with Crippen LogP contribution in [0.4, 0.5) is 0 Å². The summed E-state index contributed by atoms with van der Waals surface area (Å²) in [4.78, 5) is 18.9. The predicted molar refractivity (Wildman–Crippen MR) is 89.5 cm³/mol. The van der Waals surface area contributed by atoms with Crippen LogP contribution in [0.25, 0.3) is 5.69 Å². The molecule has 6 nitrogen and oxygen atoms in total. The Kier molecular flexibility index (Phi) is 4.02. The van der Waals surface area contributed by atoms with Crippen LogP contribution in [0.3, 0.4) is 0 Å². The molecule has 2 aromatic rings. The Morgan fingerprint density at radius 1 is 1.25 bits per heavy atom. The standard InChI is InChI=1S/C17H19ClN4O2/c18-13-5-1-2-6-14(13)22-16(11-7-8-11)19-15(20-22)17(24)21-9-3-4-12(23)10-21/h1-2,5-6,11-12,23H,3-4,7-10H2. The molecule has 7 heteroatoms. The SMILES string of the molecule is O=C(c1nc(C2CC2)n(-c2ccccc2Cl)n1)N1CCCC(O)C1. The molecule has 1 saturated heterocycles. The van der Waals surface area contributed by atoms with Crippen LogP contribution in [-0.4, -0.2) is 49.9 Å². The van der Waals surface area contributed by atoms with Crippen LogP contribution in [-0.2, 0) is 0 Å². The summed E-state index contributed by atoms with van der Waals surface area (Å²) in [6.07, 6.45) is 3.18. The van der Waals surface area contributed by atoms with Gasteiger partial charge in [0.05, 0.1) is 16.8 Å². The van der Waals surface area contributed by atoms with Crippen molar-refractivity contribution in [3.63, 3.8) is 0 Å². The molecular weight excluding hydrogens is 328 g/mol. The number of β-amino-alcohol motifs (C(OH)–C–C–N with tert-alkyl or cyclic N) is 1. The van der Waals surface area contributed by atoms with E-state index in [4.69, 9.17) is 11.6 Å². The van der Waals surface area contributed by atoms with Crippen molar-refractivity contribution in [2.24, 2.45) is 0 Å². The number of carbonyl (C=O) groups is 1. The van der Waals surface area contributed by atoms with Crippen LogP contribution in [0, 0.1) is 0 Å². The molecule has 2 aliphatic rings. The Hall–Kier alpha value is -1.92. The molecule has 1 saturated carbocycles. The molecule has 1 aromatic carbocycles. The number of aromatic nitrogens is 3. The van der Waals surface area contributed by atoms with Crippen molar-refractivity contribution in [1.29, 1.82) is 0 Å². The first-order valence-corrected chi connectivity index (χ1v) is 8.70. The summed E-state index contributed by atoms with van der Waals surface area (Å²) in [7, 11) is 0. The quantitative estimate of drug-likeness (QED) is 0.926. The number of benzene rings is 1. The van der Waals surface area contributed by atoms with Gasteiger partial charge >= 0.3 is 0 Å². The molecule has 0 spiro atoms. The summed E-state index contributed by atoms with van der Waals surface area (Å²) in [6, 6.07) is 7.43. The molecule has 1 N–H and O–H groups in total. The lowest BCUT2D eigenvalue weighted by atomic mass is 10.1. The third kappa shape index (κ3) is 2.91. The molecule has 0 radical (unpaired) electrons. The molecule has 1 aliphatic carbocycles. The largest absolute Gasteiger partial charge is 0.391 e. The van der Waals surface area contributed by atoms with E-state index < -0.39 is 6.10 Å². The third-order valence-corrected chi connectivity index (χ3v) is 4.85. The lowest BCUT2D eigenvalue weighted by Gasteiger charge is -2.29. The van der Waals surface area contributed by atoms with E-state index in [0.717, 1.165) is 37.2 Å². The van der Waals surface area contributed by atoms with Crippen LogP contribution >= 0.6 is 11.6 Å². The minimum absolute atomic E-state index is 0.186. The van der Waals surface area contributed by atoms with Gasteiger partial charge in [-0.1, -0.05) is 23.7 Å². The number of carbonyl (C=O) groups excluding carboxylic acids is 1. The average molecular weight is 347 g/mol. The number of nitrogens with zero attached hydrogens (tertiary/aromatic N) is 4. The minimum atomic E-state index is -0.462. The zero-order valence-corrected chi connectivity index (χ0v) is 14.0. The smallest absolute Gasteiger partial charge is 0.293 e. The highest BCUT2D eigenvalue weighted by molar-refractivity contribution is 6.32. The lowest BCUT2D eigenvalue weighted by molar-refractivity contribution is 0.0464. The average Bonchev–Trinajstić information content (AvgIpc) is 3.34. The number of aliphatic hydroxyl groups excluding tert-OH is 1. The first-order valence-electron chi connectivity index (χ1n) is 8.32. The number of piperidine rings is 1. The molecule has 1 aromatic heterocycles. The van der Waals surface area contributed by atoms with Crippen molar-refractivity contribution in [1.82, 2.24) is 19.7 Å². The second kappa shape index (κ2) is 6.18. The van der Waals surface area contributed by atoms with Crippen molar-refractivity contribution < 1.29 is 9.90 Å². The highest BCUT2D eigenvalue weighted by atomic mass is 35.5. The van der Waals surface area contributed by atoms with Crippen LogP contribution in [0.15, 0.2) is 24.3 Å². The second-order valence-electron chi connectivity index (χ2n) is 6.48. The summed E-state index contributed by atoms with van der Waals surface area (Å²) in [6.45, 7) is 0.980. The normalized spacial score (nSPS) is 21.1. The fraction of sp³-hybridized carbons (Fsp3) is 0.471. The number of amides is 1. The summed E-state index contributed by atoms with van der Waals surface area (Å²) >= 11 is 6.30. The topological polar surface area (TPSA) is 71.2 Å². The molecule has 24 heavy (non-hydrogen) atoms. The van der Waals surface area contributed by atoms with Gasteiger partial charge in [0.25, 0.3) is 5.91 Å². The van der Waals surface area contributed by atoms with E-state index in [9.17, 15) is 9.90 Å². The van der Waals surface area contributed by atoms with Gasteiger partial charge in [-0.25, -0.2) is 9.67 Å². The van der Waals surface area contributed by atoms with E-state index in [-0.39, 0.29) is 11.7 Å². The van der Waals surface area contributed by atoms with E-state index in [1.54, 1.807) is 15.6 Å². The Balaban J connectivity index is 1.69. The van der Waals surface area contributed by atoms with E-state index in [0.29, 0.717) is 24.0 Å². The fourth-order valence-corrected chi connectivity index (χ4v) is 3.32. The summed E-state index contributed by atoms with van der Waals surface area (Å²) < 4.78 is 1.70. The van der Waals surface area contributed by atoms with Gasteiger partial charge in [0.15, 0.2) is 0 Å². The molecule has 1 amide bonds. The van der Waals surface area contributed by atoms with Gasteiger partial charge in [0.1, 0.15) is 5.82 Å². The van der Waals surface area contributed by atoms with Crippen LogP contribution in [0.5, 0.6) is 0 Å². The zero-order valence-electron chi connectivity index (χ0n) is 13.2. The maximum Gasteiger partial charge on any atom is 0.293 e. The Bertz CT molecular complexity index is 772. The highest BCUT2D eigenvalue weighted by Gasteiger charge is 2.33. The molecule has 1 atom stereocenters. The molecule has 2 fully saturated rings. The van der Waals surface area contributed by atoms with Gasteiger partial charge in [-0.2, -0.15) is 0 Å². The van der Waals surface area contributed by atoms with E-state index in [1.807, 2.05) is 18.2 Å². The van der Waals surface area contributed by atoms with E-state index in [2.05, 4.69) is 10.1 Å². The number of hydrogen-bond acceptors (Lipinski definition) is 4. The Morgan fingerprint density at radius 2 is 2.04 bits per heavy atom. The second-order valence-corrected chi connectivity index (χ2v) is 6.89. The number of hydrogen-bond donors (Lipinski definition) is 1. The van der Waals surface area contributed by atoms with Crippen LogP contribution in [0.1, 0.15) is 48.0 Å². The minimum Gasteiger partial charge on any atom is -0.391 e. The summed E-state index contributed by atoms with van der Waals surface area (Å²) in [5.41, 5.74) is 0.742. The first kappa shape index (κ1) is 15.6.